The molecule has 1 amide bonds. The number of nitrogens with zero attached hydrogens (tertiary/aromatic N) is 2. The third-order valence-electron chi connectivity index (χ3n) is 4.57. The van der Waals surface area contributed by atoms with E-state index in [1.165, 1.54) is 0 Å². The van der Waals surface area contributed by atoms with Crippen molar-refractivity contribution in [2.45, 2.75) is 45.8 Å². The lowest BCUT2D eigenvalue weighted by molar-refractivity contribution is -0.132. The molecule has 0 saturated carbocycles. The second-order valence-corrected chi connectivity index (χ2v) is 7.93. The first kappa shape index (κ1) is 19.7. The van der Waals surface area contributed by atoms with Crippen LogP contribution in [0.25, 0.3) is 0 Å². The highest BCUT2D eigenvalue weighted by atomic mass is 16.5. The van der Waals surface area contributed by atoms with Gasteiger partial charge in [-0.05, 0) is 51.1 Å². The van der Waals surface area contributed by atoms with E-state index in [0.29, 0.717) is 38.6 Å². The Kier molecular flexibility index (Phi) is 6.47. The number of aliphatic hydroxyl groups is 1. The highest BCUT2D eigenvalue weighted by Crippen LogP contribution is 2.30. The van der Waals surface area contributed by atoms with Gasteiger partial charge in [0, 0.05) is 25.1 Å². The fraction of sp³-hybridized carbons (Fsp3) is 0.650. The summed E-state index contributed by atoms with van der Waals surface area (Å²) in [5, 5.41) is 10.8. The second kappa shape index (κ2) is 8.19. The average molecular weight is 348 g/mol. The van der Waals surface area contributed by atoms with E-state index in [1.54, 1.807) is 0 Å². The molecule has 25 heavy (non-hydrogen) atoms. The molecule has 5 nitrogen and oxygen atoms in total. The molecule has 5 heteroatoms. The summed E-state index contributed by atoms with van der Waals surface area (Å²) >= 11 is 0. The molecule has 0 aromatic heterocycles. The van der Waals surface area contributed by atoms with Crippen LogP contribution in [-0.4, -0.2) is 54.6 Å². The summed E-state index contributed by atoms with van der Waals surface area (Å²) in [5.41, 5.74) is 0.865. The summed E-state index contributed by atoms with van der Waals surface area (Å²) in [4.78, 5) is 16.3. The van der Waals surface area contributed by atoms with Crippen LogP contribution in [0.15, 0.2) is 18.2 Å². The maximum absolute atomic E-state index is 12.5. The molecule has 1 atom stereocenters. The van der Waals surface area contributed by atoms with Gasteiger partial charge >= 0.3 is 0 Å². The monoisotopic (exact) mass is 348 g/mol. The Morgan fingerprint density at radius 1 is 1.40 bits per heavy atom. The van der Waals surface area contributed by atoms with Crippen molar-refractivity contribution < 1.29 is 14.6 Å². The van der Waals surface area contributed by atoms with Crippen molar-refractivity contribution in [2.75, 3.05) is 33.8 Å². The van der Waals surface area contributed by atoms with Gasteiger partial charge in [0.15, 0.2) is 0 Å². The average Bonchev–Trinajstić information content (AvgIpc) is 2.72. The molecule has 1 aliphatic rings. The number of benzene rings is 1. The van der Waals surface area contributed by atoms with Gasteiger partial charge in [-0.15, -0.1) is 0 Å². The Morgan fingerprint density at radius 3 is 2.76 bits per heavy atom. The van der Waals surface area contributed by atoms with Crippen molar-refractivity contribution in [3.05, 3.63) is 29.3 Å². The zero-order valence-electron chi connectivity index (χ0n) is 16.2. The smallest absolute Gasteiger partial charge is 0.222 e. The molecule has 1 N–H and O–H groups in total. The van der Waals surface area contributed by atoms with Crippen molar-refractivity contribution in [2.24, 2.45) is 5.92 Å². The van der Waals surface area contributed by atoms with E-state index >= 15 is 0 Å². The van der Waals surface area contributed by atoms with Crippen molar-refractivity contribution in [3.63, 3.8) is 0 Å². The van der Waals surface area contributed by atoms with Gasteiger partial charge in [0.2, 0.25) is 5.91 Å². The van der Waals surface area contributed by atoms with Crippen molar-refractivity contribution in [3.8, 4) is 5.75 Å². The number of carbonyl (C=O) groups is 1. The SMILES string of the molecule is CC(C)CCC(=O)N1CCOc2ccc([C@@](C)(O)CN(C)C)cc2C1. The highest BCUT2D eigenvalue weighted by Gasteiger charge is 2.27. The first-order valence-corrected chi connectivity index (χ1v) is 9.10. The molecule has 1 heterocycles. The lowest BCUT2D eigenvalue weighted by Gasteiger charge is -2.28. The van der Waals surface area contributed by atoms with Crippen LogP contribution in [0.5, 0.6) is 5.75 Å². The highest BCUT2D eigenvalue weighted by molar-refractivity contribution is 5.76. The van der Waals surface area contributed by atoms with Crippen LogP contribution in [0.1, 0.15) is 44.7 Å². The Labute approximate surface area is 151 Å². The van der Waals surface area contributed by atoms with E-state index in [4.69, 9.17) is 4.74 Å². The molecule has 2 rings (SSSR count). The number of carbonyl (C=O) groups excluding carboxylic acids is 1. The maximum Gasteiger partial charge on any atom is 0.222 e. The zero-order valence-corrected chi connectivity index (χ0v) is 16.2. The largest absolute Gasteiger partial charge is 0.491 e. The number of rotatable bonds is 6. The van der Waals surface area contributed by atoms with Gasteiger partial charge in [-0.25, -0.2) is 0 Å². The molecule has 140 valence electrons. The predicted octanol–water partition coefficient (Wildman–Crippen LogP) is 2.61. The number of amides is 1. The van der Waals surface area contributed by atoms with E-state index in [-0.39, 0.29) is 5.91 Å². The molecule has 0 unspecified atom stereocenters. The van der Waals surface area contributed by atoms with Gasteiger partial charge in [-0.2, -0.15) is 0 Å². The Morgan fingerprint density at radius 2 is 2.12 bits per heavy atom. The lowest BCUT2D eigenvalue weighted by atomic mass is 9.93. The van der Waals surface area contributed by atoms with Crippen LogP contribution in [0.4, 0.5) is 0 Å². The molecular formula is C20H32N2O3. The molecule has 0 bridgehead atoms. The van der Waals surface area contributed by atoms with Crippen molar-refractivity contribution in [1.29, 1.82) is 0 Å². The molecule has 0 saturated heterocycles. The molecule has 1 aliphatic heterocycles. The zero-order chi connectivity index (χ0) is 18.6. The van der Waals surface area contributed by atoms with Gasteiger partial charge < -0.3 is 19.6 Å². The van der Waals surface area contributed by atoms with Crippen LogP contribution in [-0.2, 0) is 16.9 Å². The van der Waals surface area contributed by atoms with Crippen molar-refractivity contribution >= 4 is 5.91 Å². The molecule has 0 radical (unpaired) electrons. The molecule has 1 aromatic rings. The molecule has 0 fully saturated rings. The van der Waals surface area contributed by atoms with E-state index < -0.39 is 5.60 Å². The summed E-state index contributed by atoms with van der Waals surface area (Å²) in [6.07, 6.45) is 1.48. The summed E-state index contributed by atoms with van der Waals surface area (Å²) in [6.45, 7) is 8.27. The van der Waals surface area contributed by atoms with Gasteiger partial charge in [-0.1, -0.05) is 19.9 Å². The second-order valence-electron chi connectivity index (χ2n) is 7.93. The number of hydrogen-bond acceptors (Lipinski definition) is 4. The molecule has 0 aliphatic carbocycles. The topological polar surface area (TPSA) is 53.0 Å². The number of likely N-dealkylation sites (N-methyl/N-ethyl adjacent to an activating group) is 1. The van der Waals surface area contributed by atoms with Gasteiger partial charge in [-0.3, -0.25) is 4.79 Å². The van der Waals surface area contributed by atoms with Gasteiger partial charge in [0.25, 0.3) is 0 Å². The first-order chi connectivity index (χ1) is 11.7. The predicted molar refractivity (Wildman–Crippen MR) is 99.6 cm³/mol. The van der Waals surface area contributed by atoms with Crippen LogP contribution < -0.4 is 4.74 Å². The minimum Gasteiger partial charge on any atom is -0.491 e. The summed E-state index contributed by atoms with van der Waals surface area (Å²) in [7, 11) is 3.88. The molecule has 0 spiro atoms. The summed E-state index contributed by atoms with van der Waals surface area (Å²) < 4.78 is 5.82. The minimum absolute atomic E-state index is 0.176. The third kappa shape index (κ3) is 5.44. The van der Waals surface area contributed by atoms with Gasteiger partial charge in [0.1, 0.15) is 12.4 Å². The van der Waals surface area contributed by atoms with Crippen LogP contribution in [0.2, 0.25) is 0 Å². The van der Waals surface area contributed by atoms with E-state index in [2.05, 4.69) is 13.8 Å². The fourth-order valence-electron chi connectivity index (χ4n) is 3.22. The third-order valence-corrected chi connectivity index (χ3v) is 4.57. The van der Waals surface area contributed by atoms with E-state index in [9.17, 15) is 9.90 Å². The Balaban J connectivity index is 2.18. The van der Waals surface area contributed by atoms with E-state index in [1.807, 2.05) is 49.0 Å². The van der Waals surface area contributed by atoms with Gasteiger partial charge in [0.05, 0.1) is 12.1 Å². The standard InChI is InChI=1S/C20H32N2O3/c1-15(2)6-9-19(23)22-10-11-25-18-8-7-17(12-16(18)13-22)20(3,24)14-21(4)5/h7-8,12,15,24H,6,9-11,13-14H2,1-5H3/t20-/m0/s1. The van der Waals surface area contributed by atoms with Crippen LogP contribution in [0.3, 0.4) is 0 Å². The fourth-order valence-corrected chi connectivity index (χ4v) is 3.22. The quantitative estimate of drug-likeness (QED) is 0.859. The summed E-state index contributed by atoms with van der Waals surface area (Å²) in [6, 6.07) is 5.81. The van der Waals surface area contributed by atoms with Crippen LogP contribution >= 0.6 is 0 Å². The summed E-state index contributed by atoms with van der Waals surface area (Å²) in [5.74, 6) is 1.51. The number of ether oxygens (including phenoxy) is 1. The minimum atomic E-state index is -0.947. The maximum atomic E-state index is 12.5. The lowest BCUT2D eigenvalue weighted by Crippen LogP contribution is -2.35. The van der Waals surface area contributed by atoms with Crippen LogP contribution in [0, 0.1) is 5.92 Å². The first-order valence-electron chi connectivity index (χ1n) is 9.10. The van der Waals surface area contributed by atoms with E-state index in [0.717, 1.165) is 23.3 Å². The number of hydrogen-bond donors (Lipinski definition) is 1. The Bertz CT molecular complexity index is 597. The molecule has 1 aromatic carbocycles. The Hall–Kier alpha value is -1.59. The molecular weight excluding hydrogens is 316 g/mol. The normalized spacial score (nSPS) is 17.0. The van der Waals surface area contributed by atoms with Crippen molar-refractivity contribution in [1.82, 2.24) is 9.80 Å². The number of fused-ring (bicyclic) bond motifs is 1.